The zero-order valence-electron chi connectivity index (χ0n) is 5.68. The Balaban J connectivity index is 0. The van der Waals surface area contributed by atoms with Gasteiger partial charge in [-0.1, -0.05) is 20.3 Å². The van der Waals surface area contributed by atoms with E-state index in [1.54, 1.807) is 0 Å². The standard InChI is InChI=1S/C6H15N.ClH/c1-3-6(2)4-5-7;/h6H,3-5,7H2,1-2H3;1H. The van der Waals surface area contributed by atoms with Crippen molar-refractivity contribution in [2.75, 3.05) is 6.54 Å². The van der Waals surface area contributed by atoms with Gasteiger partial charge >= 0.3 is 0 Å². The minimum absolute atomic E-state index is 0. The molecule has 0 aliphatic carbocycles. The highest BCUT2D eigenvalue weighted by atomic mass is 35.5. The summed E-state index contributed by atoms with van der Waals surface area (Å²) in [5, 5.41) is 0. The molecule has 0 heterocycles. The van der Waals surface area contributed by atoms with Crippen molar-refractivity contribution in [1.29, 1.82) is 0 Å². The average Bonchev–Trinajstić information content (AvgIpc) is 1.68. The zero-order chi connectivity index (χ0) is 5.70. The third-order valence-corrected chi connectivity index (χ3v) is 1.36. The van der Waals surface area contributed by atoms with Crippen molar-refractivity contribution in [3.05, 3.63) is 0 Å². The molecule has 1 atom stereocenters. The summed E-state index contributed by atoms with van der Waals surface area (Å²) in [6.45, 7) is 5.27. The summed E-state index contributed by atoms with van der Waals surface area (Å²) in [5.74, 6) is 0.824. The fraction of sp³-hybridized carbons (Fsp3) is 1.00. The first-order valence-corrected chi connectivity index (χ1v) is 3.01. The molecule has 1 unspecified atom stereocenters. The molecule has 0 spiro atoms. The van der Waals surface area contributed by atoms with Gasteiger partial charge in [0.1, 0.15) is 0 Å². The van der Waals surface area contributed by atoms with Crippen LogP contribution in [0.5, 0.6) is 0 Å². The fourth-order valence-electron chi connectivity index (χ4n) is 0.489. The molecule has 2 N–H and O–H groups in total. The molecule has 0 saturated carbocycles. The molecule has 0 radical (unpaired) electrons. The van der Waals surface area contributed by atoms with Gasteiger partial charge in [-0.15, -0.1) is 12.4 Å². The maximum atomic E-state index is 5.30. The highest BCUT2D eigenvalue weighted by Gasteiger charge is 1.92. The van der Waals surface area contributed by atoms with Crippen LogP contribution in [0.1, 0.15) is 26.7 Å². The quantitative estimate of drug-likeness (QED) is 0.631. The van der Waals surface area contributed by atoms with Gasteiger partial charge in [0.05, 0.1) is 0 Å². The number of nitrogens with two attached hydrogens (primary N) is 1. The van der Waals surface area contributed by atoms with Crippen molar-refractivity contribution in [2.45, 2.75) is 26.7 Å². The van der Waals surface area contributed by atoms with Crippen LogP contribution in [0.3, 0.4) is 0 Å². The SMILES string of the molecule is CCC(C)CCN.Cl. The number of halogens is 1. The van der Waals surface area contributed by atoms with Gasteiger partial charge in [-0.2, -0.15) is 0 Å². The van der Waals surface area contributed by atoms with Gasteiger partial charge < -0.3 is 5.73 Å². The van der Waals surface area contributed by atoms with Crippen LogP contribution < -0.4 is 5.73 Å². The molecule has 0 aliphatic heterocycles. The van der Waals surface area contributed by atoms with E-state index in [1.165, 1.54) is 12.8 Å². The molecule has 0 aromatic heterocycles. The number of hydrogen-bond donors (Lipinski definition) is 1. The second-order valence-corrected chi connectivity index (χ2v) is 2.09. The Morgan fingerprint density at radius 1 is 1.50 bits per heavy atom. The fourth-order valence-corrected chi connectivity index (χ4v) is 0.489. The molecular formula is C6H16ClN. The van der Waals surface area contributed by atoms with Crippen LogP contribution in [-0.2, 0) is 0 Å². The molecule has 0 amide bonds. The van der Waals surface area contributed by atoms with Crippen LogP contribution in [0.2, 0.25) is 0 Å². The largest absolute Gasteiger partial charge is 0.330 e. The van der Waals surface area contributed by atoms with Gasteiger partial charge in [-0.25, -0.2) is 0 Å². The molecule has 0 saturated heterocycles. The van der Waals surface area contributed by atoms with Crippen molar-refractivity contribution in [3.8, 4) is 0 Å². The summed E-state index contributed by atoms with van der Waals surface area (Å²) < 4.78 is 0. The van der Waals surface area contributed by atoms with Crippen molar-refractivity contribution in [1.82, 2.24) is 0 Å². The Bertz CT molecular complexity index is 39.5. The van der Waals surface area contributed by atoms with Gasteiger partial charge in [0.15, 0.2) is 0 Å². The Kier molecular flexibility index (Phi) is 10.1. The van der Waals surface area contributed by atoms with Crippen LogP contribution in [0.4, 0.5) is 0 Å². The topological polar surface area (TPSA) is 26.0 Å². The smallest absolute Gasteiger partial charge is 0.00747 e. The van der Waals surface area contributed by atoms with Crippen LogP contribution in [0, 0.1) is 5.92 Å². The van der Waals surface area contributed by atoms with E-state index in [2.05, 4.69) is 13.8 Å². The lowest BCUT2D eigenvalue weighted by Gasteiger charge is -2.02. The van der Waals surface area contributed by atoms with Gasteiger partial charge in [0.2, 0.25) is 0 Å². The van der Waals surface area contributed by atoms with Gasteiger partial charge in [0.25, 0.3) is 0 Å². The molecule has 1 nitrogen and oxygen atoms in total. The van der Waals surface area contributed by atoms with Crippen LogP contribution in [0.25, 0.3) is 0 Å². The monoisotopic (exact) mass is 137 g/mol. The van der Waals surface area contributed by atoms with E-state index in [4.69, 9.17) is 5.73 Å². The maximum absolute atomic E-state index is 5.30. The second-order valence-electron chi connectivity index (χ2n) is 2.09. The normalized spacial score (nSPS) is 12.4. The predicted molar refractivity (Wildman–Crippen MR) is 40.4 cm³/mol. The Hall–Kier alpha value is 0.250. The van der Waals surface area contributed by atoms with E-state index in [0.29, 0.717) is 0 Å². The Morgan fingerprint density at radius 3 is 2.12 bits per heavy atom. The summed E-state index contributed by atoms with van der Waals surface area (Å²) >= 11 is 0. The highest BCUT2D eigenvalue weighted by molar-refractivity contribution is 5.85. The lowest BCUT2D eigenvalue weighted by Crippen LogP contribution is -2.04. The summed E-state index contributed by atoms with van der Waals surface area (Å²) in [4.78, 5) is 0. The molecule has 0 fully saturated rings. The first-order valence-electron chi connectivity index (χ1n) is 3.01. The molecule has 0 aliphatic rings. The summed E-state index contributed by atoms with van der Waals surface area (Å²) in [6, 6.07) is 0. The molecule has 8 heavy (non-hydrogen) atoms. The number of hydrogen-bond acceptors (Lipinski definition) is 1. The predicted octanol–water partition coefficient (Wildman–Crippen LogP) is 1.80. The molecule has 0 bridgehead atoms. The van der Waals surface area contributed by atoms with E-state index < -0.39 is 0 Å². The second kappa shape index (κ2) is 7.25. The van der Waals surface area contributed by atoms with Crippen molar-refractivity contribution < 1.29 is 0 Å². The van der Waals surface area contributed by atoms with E-state index >= 15 is 0 Å². The molecule has 2 heteroatoms. The minimum atomic E-state index is 0. The van der Waals surface area contributed by atoms with Crippen molar-refractivity contribution >= 4 is 12.4 Å². The molecule has 0 aromatic rings. The lowest BCUT2D eigenvalue weighted by molar-refractivity contribution is 0.524. The molecular weight excluding hydrogens is 122 g/mol. The maximum Gasteiger partial charge on any atom is -0.00747 e. The average molecular weight is 138 g/mol. The first kappa shape index (κ1) is 11.1. The van der Waals surface area contributed by atoms with Crippen molar-refractivity contribution in [3.63, 3.8) is 0 Å². The molecule has 0 rings (SSSR count). The third kappa shape index (κ3) is 6.25. The van der Waals surface area contributed by atoms with Gasteiger partial charge in [0, 0.05) is 0 Å². The van der Waals surface area contributed by atoms with E-state index in [9.17, 15) is 0 Å². The summed E-state index contributed by atoms with van der Waals surface area (Å²) in [6.07, 6.45) is 2.44. The van der Waals surface area contributed by atoms with Gasteiger partial charge in [-0.05, 0) is 18.9 Å². The zero-order valence-corrected chi connectivity index (χ0v) is 6.50. The number of rotatable bonds is 3. The molecule has 52 valence electrons. The van der Waals surface area contributed by atoms with E-state index in [1.807, 2.05) is 0 Å². The van der Waals surface area contributed by atoms with Gasteiger partial charge in [-0.3, -0.25) is 0 Å². The van der Waals surface area contributed by atoms with Crippen LogP contribution >= 0.6 is 12.4 Å². The summed E-state index contributed by atoms with van der Waals surface area (Å²) in [5.41, 5.74) is 5.30. The summed E-state index contributed by atoms with van der Waals surface area (Å²) in [7, 11) is 0. The molecule has 0 aromatic carbocycles. The highest BCUT2D eigenvalue weighted by Crippen LogP contribution is 2.02. The first-order chi connectivity index (χ1) is 3.31. The van der Waals surface area contributed by atoms with Crippen LogP contribution in [-0.4, -0.2) is 6.54 Å². The Morgan fingerprint density at radius 2 is 2.00 bits per heavy atom. The lowest BCUT2D eigenvalue weighted by atomic mass is 10.1. The minimum Gasteiger partial charge on any atom is -0.330 e. The Labute approximate surface area is 58.1 Å². The van der Waals surface area contributed by atoms with E-state index in [-0.39, 0.29) is 12.4 Å². The third-order valence-electron chi connectivity index (χ3n) is 1.36. The van der Waals surface area contributed by atoms with E-state index in [0.717, 1.165) is 12.5 Å². The van der Waals surface area contributed by atoms with Crippen molar-refractivity contribution in [2.24, 2.45) is 11.7 Å². The van der Waals surface area contributed by atoms with Crippen LogP contribution in [0.15, 0.2) is 0 Å².